The van der Waals surface area contributed by atoms with Crippen molar-refractivity contribution in [3.8, 4) is 5.75 Å². The summed E-state index contributed by atoms with van der Waals surface area (Å²) in [7, 11) is 0. The van der Waals surface area contributed by atoms with E-state index >= 15 is 0 Å². The van der Waals surface area contributed by atoms with Crippen LogP contribution < -0.4 is 15.8 Å². The van der Waals surface area contributed by atoms with Gasteiger partial charge in [-0.25, -0.2) is 0 Å². The Balaban J connectivity index is 2.54. The highest BCUT2D eigenvalue weighted by Gasteiger charge is 2.12. The number of benzene rings is 1. The molecule has 4 nitrogen and oxygen atoms in total. The second kappa shape index (κ2) is 5.24. The average Bonchev–Trinajstić information content (AvgIpc) is 2.22. The van der Waals surface area contributed by atoms with E-state index in [0.717, 1.165) is 0 Å². The number of hydrogen-bond donors (Lipinski definition) is 2. The van der Waals surface area contributed by atoms with Crippen LogP contribution in [0.3, 0.4) is 0 Å². The van der Waals surface area contributed by atoms with Gasteiger partial charge in [0.25, 0.3) is 5.91 Å². The number of carbonyl (C=O) groups is 1. The van der Waals surface area contributed by atoms with Gasteiger partial charge in [-0.1, -0.05) is 0 Å². The third-order valence-corrected chi connectivity index (χ3v) is 1.91. The molecule has 0 bridgehead atoms. The number of nitrogen functional groups attached to an aromatic ring is 1. The zero-order valence-electron chi connectivity index (χ0n) is 8.99. The van der Waals surface area contributed by atoms with Crippen LogP contribution in [0.5, 0.6) is 5.75 Å². The van der Waals surface area contributed by atoms with Crippen LogP contribution in [-0.4, -0.2) is 18.6 Å². The van der Waals surface area contributed by atoms with Gasteiger partial charge in [0.2, 0.25) is 0 Å². The Morgan fingerprint density at radius 2 is 2.07 bits per heavy atom. The first-order chi connectivity index (χ1) is 7.13. The van der Waals surface area contributed by atoms with Gasteiger partial charge in [0.05, 0.1) is 0 Å². The Kier molecular flexibility index (Phi) is 3.97. The van der Waals surface area contributed by atoms with Crippen molar-refractivity contribution >= 4 is 11.6 Å². The number of likely N-dealkylation sites (N-methyl/N-ethyl adjacent to an activating group) is 1. The highest BCUT2D eigenvalue weighted by Crippen LogP contribution is 2.14. The minimum absolute atomic E-state index is 0.116. The third kappa shape index (κ3) is 3.50. The first-order valence-electron chi connectivity index (χ1n) is 4.93. The standard InChI is InChI=1S/C11H16N2O2/c1-3-13-11(14)8(2)15-10-6-4-9(12)5-7-10/h4-8H,3,12H2,1-2H3,(H,13,14). The molecule has 1 amide bonds. The number of rotatable bonds is 4. The molecular weight excluding hydrogens is 192 g/mol. The molecule has 0 aromatic heterocycles. The maximum Gasteiger partial charge on any atom is 0.260 e. The molecule has 0 heterocycles. The van der Waals surface area contributed by atoms with Crippen molar-refractivity contribution in [2.45, 2.75) is 20.0 Å². The van der Waals surface area contributed by atoms with Crippen molar-refractivity contribution in [3.63, 3.8) is 0 Å². The van der Waals surface area contributed by atoms with E-state index in [0.29, 0.717) is 18.0 Å². The van der Waals surface area contributed by atoms with E-state index in [1.54, 1.807) is 31.2 Å². The van der Waals surface area contributed by atoms with Crippen molar-refractivity contribution in [2.75, 3.05) is 12.3 Å². The van der Waals surface area contributed by atoms with Crippen molar-refractivity contribution in [1.82, 2.24) is 5.32 Å². The molecule has 1 rings (SSSR count). The molecule has 82 valence electrons. The third-order valence-electron chi connectivity index (χ3n) is 1.91. The van der Waals surface area contributed by atoms with Crippen LogP contribution in [-0.2, 0) is 4.79 Å². The fraction of sp³-hybridized carbons (Fsp3) is 0.364. The second-order valence-electron chi connectivity index (χ2n) is 3.22. The highest BCUT2D eigenvalue weighted by atomic mass is 16.5. The predicted octanol–water partition coefficient (Wildman–Crippen LogP) is 1.17. The van der Waals surface area contributed by atoms with Gasteiger partial charge in [-0.3, -0.25) is 4.79 Å². The van der Waals surface area contributed by atoms with Crippen LogP contribution in [0, 0.1) is 0 Å². The average molecular weight is 208 g/mol. The molecule has 1 aromatic carbocycles. The Hall–Kier alpha value is -1.71. The molecule has 0 saturated carbocycles. The van der Waals surface area contributed by atoms with E-state index in [9.17, 15) is 4.79 Å². The van der Waals surface area contributed by atoms with E-state index in [1.165, 1.54) is 0 Å². The molecule has 1 atom stereocenters. The Morgan fingerprint density at radius 1 is 1.47 bits per heavy atom. The van der Waals surface area contributed by atoms with E-state index < -0.39 is 6.10 Å². The number of hydrogen-bond acceptors (Lipinski definition) is 3. The number of amides is 1. The first-order valence-corrected chi connectivity index (χ1v) is 4.93. The van der Waals surface area contributed by atoms with Crippen LogP contribution in [0.15, 0.2) is 24.3 Å². The van der Waals surface area contributed by atoms with Crippen LogP contribution in [0.25, 0.3) is 0 Å². The van der Waals surface area contributed by atoms with Gasteiger partial charge in [-0.15, -0.1) is 0 Å². The Labute approximate surface area is 89.4 Å². The summed E-state index contributed by atoms with van der Waals surface area (Å²) in [6, 6.07) is 6.95. The predicted molar refractivity (Wildman–Crippen MR) is 59.6 cm³/mol. The number of carbonyl (C=O) groups excluding carboxylic acids is 1. The molecule has 0 aliphatic heterocycles. The minimum Gasteiger partial charge on any atom is -0.481 e. The Bertz CT molecular complexity index is 322. The number of anilines is 1. The van der Waals surface area contributed by atoms with Gasteiger partial charge in [-0.2, -0.15) is 0 Å². The number of nitrogens with two attached hydrogens (primary N) is 1. The second-order valence-corrected chi connectivity index (χ2v) is 3.22. The summed E-state index contributed by atoms with van der Waals surface area (Å²) in [5.74, 6) is 0.525. The van der Waals surface area contributed by atoms with Crippen molar-refractivity contribution in [3.05, 3.63) is 24.3 Å². The molecule has 0 saturated heterocycles. The molecule has 15 heavy (non-hydrogen) atoms. The normalized spacial score (nSPS) is 11.9. The molecular formula is C11H16N2O2. The first kappa shape index (κ1) is 11.4. The van der Waals surface area contributed by atoms with Gasteiger partial charge >= 0.3 is 0 Å². The summed E-state index contributed by atoms with van der Waals surface area (Å²) in [6.45, 7) is 4.18. The molecule has 0 aliphatic carbocycles. The van der Waals surface area contributed by atoms with Crippen LogP contribution >= 0.6 is 0 Å². The van der Waals surface area contributed by atoms with Gasteiger partial charge in [0.1, 0.15) is 5.75 Å². The lowest BCUT2D eigenvalue weighted by Gasteiger charge is -2.13. The maximum absolute atomic E-state index is 11.4. The largest absolute Gasteiger partial charge is 0.481 e. The summed E-state index contributed by atoms with van der Waals surface area (Å²) >= 11 is 0. The lowest BCUT2D eigenvalue weighted by molar-refractivity contribution is -0.127. The minimum atomic E-state index is -0.492. The lowest BCUT2D eigenvalue weighted by atomic mass is 10.3. The van der Waals surface area contributed by atoms with Crippen LogP contribution in [0.4, 0.5) is 5.69 Å². The molecule has 0 aliphatic rings. The topological polar surface area (TPSA) is 64.3 Å². The van der Waals surface area contributed by atoms with E-state index in [4.69, 9.17) is 10.5 Å². The van der Waals surface area contributed by atoms with E-state index in [2.05, 4.69) is 5.32 Å². The van der Waals surface area contributed by atoms with E-state index in [-0.39, 0.29) is 5.91 Å². The molecule has 0 spiro atoms. The summed E-state index contributed by atoms with van der Waals surface area (Å²) in [5.41, 5.74) is 6.20. The van der Waals surface area contributed by atoms with Gasteiger partial charge in [-0.05, 0) is 38.1 Å². The zero-order valence-corrected chi connectivity index (χ0v) is 8.99. The molecule has 0 fully saturated rings. The maximum atomic E-state index is 11.4. The number of ether oxygens (including phenoxy) is 1. The molecule has 3 N–H and O–H groups in total. The van der Waals surface area contributed by atoms with Gasteiger partial charge < -0.3 is 15.8 Å². The van der Waals surface area contributed by atoms with Gasteiger partial charge in [0, 0.05) is 12.2 Å². The van der Waals surface area contributed by atoms with Crippen LogP contribution in [0.1, 0.15) is 13.8 Å². The van der Waals surface area contributed by atoms with Gasteiger partial charge in [0.15, 0.2) is 6.10 Å². The highest BCUT2D eigenvalue weighted by molar-refractivity contribution is 5.80. The lowest BCUT2D eigenvalue weighted by Crippen LogP contribution is -2.36. The smallest absolute Gasteiger partial charge is 0.260 e. The molecule has 1 aromatic rings. The quantitative estimate of drug-likeness (QED) is 0.730. The van der Waals surface area contributed by atoms with Crippen molar-refractivity contribution in [1.29, 1.82) is 0 Å². The molecule has 4 heteroatoms. The van der Waals surface area contributed by atoms with Crippen molar-refractivity contribution < 1.29 is 9.53 Å². The molecule has 0 radical (unpaired) electrons. The fourth-order valence-electron chi connectivity index (χ4n) is 1.12. The summed E-state index contributed by atoms with van der Waals surface area (Å²) in [6.07, 6.45) is -0.492. The number of nitrogens with one attached hydrogen (secondary N) is 1. The van der Waals surface area contributed by atoms with Crippen molar-refractivity contribution in [2.24, 2.45) is 0 Å². The monoisotopic (exact) mass is 208 g/mol. The zero-order chi connectivity index (χ0) is 11.3. The molecule has 1 unspecified atom stereocenters. The SMILES string of the molecule is CCNC(=O)C(C)Oc1ccc(N)cc1. The fourth-order valence-corrected chi connectivity index (χ4v) is 1.12. The summed E-state index contributed by atoms with van der Waals surface area (Å²) in [4.78, 5) is 11.4. The summed E-state index contributed by atoms with van der Waals surface area (Å²) < 4.78 is 5.42. The van der Waals surface area contributed by atoms with Crippen LogP contribution in [0.2, 0.25) is 0 Å². The summed E-state index contributed by atoms with van der Waals surface area (Å²) in [5, 5.41) is 2.69. The Morgan fingerprint density at radius 3 is 2.60 bits per heavy atom. The van der Waals surface area contributed by atoms with E-state index in [1.807, 2.05) is 6.92 Å².